The highest BCUT2D eigenvalue weighted by atomic mass is 35.5. The summed E-state index contributed by atoms with van der Waals surface area (Å²) in [6, 6.07) is 12.2. The third-order valence-electron chi connectivity index (χ3n) is 5.12. The molecule has 4 aromatic rings. The fraction of sp³-hybridized carbons (Fsp3) is 0.174. The van der Waals surface area contributed by atoms with Crippen LogP contribution in [0.5, 0.6) is 0 Å². The van der Waals surface area contributed by atoms with Crippen LogP contribution in [0.4, 0.5) is 15.8 Å². The Balaban J connectivity index is 1.41. The highest BCUT2D eigenvalue weighted by molar-refractivity contribution is 7.80. The molecule has 0 atom stereocenters. The number of aromatic nitrogens is 4. The number of aryl methyl sites for hydroxylation is 1. The minimum absolute atomic E-state index is 0.261. The summed E-state index contributed by atoms with van der Waals surface area (Å²) < 4.78 is 17.4. The van der Waals surface area contributed by atoms with Crippen molar-refractivity contribution in [3.63, 3.8) is 0 Å². The van der Waals surface area contributed by atoms with Crippen LogP contribution in [0.15, 0.2) is 54.9 Å². The number of nitrogens with one attached hydrogen (secondary N) is 2. The lowest BCUT2D eigenvalue weighted by Gasteiger charge is -2.10. The molecule has 0 saturated carbocycles. The van der Waals surface area contributed by atoms with Gasteiger partial charge in [-0.05, 0) is 49.8 Å². The molecule has 2 aromatic carbocycles. The Morgan fingerprint density at radius 2 is 1.85 bits per heavy atom. The quantitative estimate of drug-likeness (QED) is 0.314. The average Bonchev–Trinajstić information content (AvgIpc) is 3.31. The molecule has 0 radical (unpaired) electrons. The molecule has 0 aliphatic rings. The summed E-state index contributed by atoms with van der Waals surface area (Å²) in [6.45, 7) is 4.76. The predicted molar refractivity (Wildman–Crippen MR) is 135 cm³/mol. The Labute approximate surface area is 206 Å². The zero-order valence-corrected chi connectivity index (χ0v) is 20.3. The largest absolute Gasteiger partial charge is 0.330 e. The highest BCUT2D eigenvalue weighted by Crippen LogP contribution is 2.25. The Morgan fingerprint density at radius 1 is 1.06 bits per heavy atom. The fourth-order valence-electron chi connectivity index (χ4n) is 3.43. The fourth-order valence-corrected chi connectivity index (χ4v) is 3.97. The average molecular weight is 503 g/mol. The molecular formula is C23H21Cl2FN6S. The molecule has 0 amide bonds. The molecular weight excluding hydrogens is 482 g/mol. The number of anilines is 2. The zero-order chi connectivity index (χ0) is 23.5. The first-order valence-electron chi connectivity index (χ1n) is 10.1. The lowest BCUT2D eigenvalue weighted by molar-refractivity contribution is 0.585. The summed E-state index contributed by atoms with van der Waals surface area (Å²) >= 11 is 17.6. The number of nitrogens with zero attached hydrogens (tertiary/aromatic N) is 4. The van der Waals surface area contributed by atoms with Crippen LogP contribution in [0.3, 0.4) is 0 Å². The molecule has 0 fully saturated rings. The molecule has 0 aliphatic carbocycles. The predicted octanol–water partition coefficient (Wildman–Crippen LogP) is 6.05. The maximum Gasteiger partial charge on any atom is 0.175 e. The number of benzene rings is 2. The molecule has 0 aliphatic heterocycles. The molecule has 2 heterocycles. The second kappa shape index (κ2) is 9.91. The molecule has 10 heteroatoms. The lowest BCUT2D eigenvalue weighted by Crippen LogP contribution is -2.19. The van der Waals surface area contributed by atoms with Crippen molar-refractivity contribution in [1.29, 1.82) is 0 Å². The topological polar surface area (TPSA) is 59.7 Å². The lowest BCUT2D eigenvalue weighted by atomic mass is 10.2. The molecule has 33 heavy (non-hydrogen) atoms. The Morgan fingerprint density at radius 3 is 2.61 bits per heavy atom. The van der Waals surface area contributed by atoms with Crippen molar-refractivity contribution in [3.8, 4) is 0 Å². The maximum absolute atomic E-state index is 13.9. The van der Waals surface area contributed by atoms with Crippen molar-refractivity contribution >= 4 is 51.9 Å². The third kappa shape index (κ3) is 5.52. The van der Waals surface area contributed by atoms with Crippen molar-refractivity contribution in [2.24, 2.45) is 0 Å². The minimum Gasteiger partial charge on any atom is -0.330 e. The molecule has 170 valence electrons. The number of hydrogen-bond acceptors (Lipinski definition) is 3. The summed E-state index contributed by atoms with van der Waals surface area (Å²) in [5, 5.41) is 16.6. The molecule has 4 rings (SSSR count). The molecule has 6 nitrogen and oxygen atoms in total. The standard InChI is InChI=1S/C23H21Cl2FN6S/c1-14-22(15(2)32(30-14)11-16-7-8-19(24)20(25)9-16)29-23(33)28-18-10-27-31(13-18)12-17-5-3-4-6-21(17)26/h3-10,13H,11-12H2,1-2H3,(H2,28,29,33). The van der Waals surface area contributed by atoms with Gasteiger partial charge in [-0.2, -0.15) is 10.2 Å². The van der Waals surface area contributed by atoms with Gasteiger partial charge in [0, 0.05) is 11.8 Å². The van der Waals surface area contributed by atoms with E-state index in [9.17, 15) is 4.39 Å². The normalized spacial score (nSPS) is 10.9. The molecule has 0 spiro atoms. The van der Waals surface area contributed by atoms with E-state index in [1.54, 1.807) is 41.3 Å². The van der Waals surface area contributed by atoms with E-state index in [0.29, 0.717) is 39.5 Å². The summed E-state index contributed by atoms with van der Waals surface area (Å²) in [4.78, 5) is 0. The van der Waals surface area contributed by atoms with E-state index in [2.05, 4.69) is 20.8 Å². The second-order valence-corrected chi connectivity index (χ2v) is 8.77. The smallest absolute Gasteiger partial charge is 0.175 e. The van der Waals surface area contributed by atoms with Crippen LogP contribution < -0.4 is 10.6 Å². The number of thiocarbonyl (C=S) groups is 1. The van der Waals surface area contributed by atoms with E-state index < -0.39 is 0 Å². The molecule has 2 aromatic heterocycles. The van der Waals surface area contributed by atoms with Gasteiger partial charge in [0.2, 0.25) is 0 Å². The number of rotatable bonds is 6. The Kier molecular flexibility index (Phi) is 6.97. The van der Waals surface area contributed by atoms with Gasteiger partial charge in [-0.15, -0.1) is 0 Å². The molecule has 0 unspecified atom stereocenters. The summed E-state index contributed by atoms with van der Waals surface area (Å²) in [5.41, 5.74) is 4.82. The van der Waals surface area contributed by atoms with E-state index in [4.69, 9.17) is 35.4 Å². The SMILES string of the molecule is Cc1nn(Cc2ccc(Cl)c(Cl)c2)c(C)c1NC(=S)Nc1cnn(Cc2ccccc2F)c1. The van der Waals surface area contributed by atoms with E-state index in [-0.39, 0.29) is 5.82 Å². The summed E-state index contributed by atoms with van der Waals surface area (Å²) in [5.74, 6) is -0.261. The van der Waals surface area contributed by atoms with E-state index in [1.165, 1.54) is 6.07 Å². The first-order valence-corrected chi connectivity index (χ1v) is 11.3. The van der Waals surface area contributed by atoms with Crippen molar-refractivity contribution in [2.75, 3.05) is 10.6 Å². The summed E-state index contributed by atoms with van der Waals surface area (Å²) in [7, 11) is 0. The Hall–Kier alpha value is -2.94. The molecule has 0 saturated heterocycles. The van der Waals surface area contributed by atoms with E-state index >= 15 is 0 Å². The van der Waals surface area contributed by atoms with Crippen LogP contribution in [0.2, 0.25) is 10.0 Å². The van der Waals surface area contributed by atoms with Crippen LogP contribution in [-0.2, 0) is 13.1 Å². The number of halogens is 3. The van der Waals surface area contributed by atoms with Gasteiger partial charge in [-0.3, -0.25) is 9.36 Å². The first kappa shape index (κ1) is 23.2. The van der Waals surface area contributed by atoms with Crippen molar-refractivity contribution < 1.29 is 4.39 Å². The van der Waals surface area contributed by atoms with Gasteiger partial charge in [-0.25, -0.2) is 4.39 Å². The molecule has 2 N–H and O–H groups in total. The van der Waals surface area contributed by atoms with Crippen molar-refractivity contribution in [2.45, 2.75) is 26.9 Å². The molecule has 0 bridgehead atoms. The number of hydrogen-bond donors (Lipinski definition) is 2. The zero-order valence-electron chi connectivity index (χ0n) is 17.9. The highest BCUT2D eigenvalue weighted by Gasteiger charge is 2.14. The maximum atomic E-state index is 13.9. The van der Waals surface area contributed by atoms with E-state index in [0.717, 1.165) is 22.6 Å². The van der Waals surface area contributed by atoms with Crippen LogP contribution in [0, 0.1) is 19.7 Å². The monoisotopic (exact) mass is 502 g/mol. The summed E-state index contributed by atoms with van der Waals surface area (Å²) in [6.07, 6.45) is 3.41. The van der Waals surface area contributed by atoms with E-state index in [1.807, 2.05) is 30.7 Å². The van der Waals surface area contributed by atoms with Crippen LogP contribution >= 0.6 is 35.4 Å². The third-order valence-corrected chi connectivity index (χ3v) is 6.06. The minimum atomic E-state index is -0.261. The first-order chi connectivity index (χ1) is 15.8. The van der Waals surface area contributed by atoms with Gasteiger partial charge in [0.05, 0.1) is 52.1 Å². The van der Waals surface area contributed by atoms with Gasteiger partial charge >= 0.3 is 0 Å². The Bertz CT molecular complexity index is 1320. The van der Waals surface area contributed by atoms with Crippen LogP contribution in [0.25, 0.3) is 0 Å². The van der Waals surface area contributed by atoms with Crippen molar-refractivity contribution in [1.82, 2.24) is 19.6 Å². The van der Waals surface area contributed by atoms with Gasteiger partial charge in [0.25, 0.3) is 0 Å². The van der Waals surface area contributed by atoms with Crippen LogP contribution in [0.1, 0.15) is 22.5 Å². The van der Waals surface area contributed by atoms with Gasteiger partial charge < -0.3 is 10.6 Å². The van der Waals surface area contributed by atoms with Gasteiger partial charge in [-0.1, -0.05) is 47.5 Å². The second-order valence-electron chi connectivity index (χ2n) is 7.55. The van der Waals surface area contributed by atoms with Gasteiger partial charge in [0.15, 0.2) is 5.11 Å². The van der Waals surface area contributed by atoms with Gasteiger partial charge in [0.1, 0.15) is 5.82 Å². The van der Waals surface area contributed by atoms with Crippen LogP contribution in [-0.4, -0.2) is 24.7 Å². The van der Waals surface area contributed by atoms with Crippen molar-refractivity contribution in [3.05, 3.63) is 93.2 Å².